The maximum atomic E-state index is 12.7. The molecule has 164 valence electrons. The van der Waals surface area contributed by atoms with Crippen molar-refractivity contribution in [1.82, 2.24) is 25.3 Å². The van der Waals surface area contributed by atoms with Gasteiger partial charge in [0.05, 0.1) is 11.4 Å². The lowest BCUT2D eigenvalue weighted by molar-refractivity contribution is -0.130. The fraction of sp³-hybridized carbons (Fsp3) is 0.217. The zero-order valence-corrected chi connectivity index (χ0v) is 18.2. The molecular weight excluding hydrogens is 430 g/mol. The highest BCUT2D eigenvalue weighted by molar-refractivity contribution is 6.30. The van der Waals surface area contributed by atoms with Gasteiger partial charge in [0.15, 0.2) is 0 Å². The van der Waals surface area contributed by atoms with Gasteiger partial charge in [0.25, 0.3) is 5.91 Å². The van der Waals surface area contributed by atoms with E-state index in [1.54, 1.807) is 28.8 Å². The summed E-state index contributed by atoms with van der Waals surface area (Å²) in [4.78, 5) is 37.2. The Labute approximate surface area is 190 Å². The second-order valence-electron chi connectivity index (χ2n) is 7.59. The predicted molar refractivity (Wildman–Crippen MR) is 120 cm³/mol. The Kier molecular flexibility index (Phi) is 6.23. The number of halogens is 1. The van der Waals surface area contributed by atoms with Gasteiger partial charge in [0.2, 0.25) is 5.91 Å². The number of para-hydroxylation sites is 1. The van der Waals surface area contributed by atoms with Crippen LogP contribution in [0.5, 0.6) is 0 Å². The Bertz CT molecular complexity index is 1140. The molecule has 2 heterocycles. The van der Waals surface area contributed by atoms with Crippen LogP contribution in [0.2, 0.25) is 5.02 Å². The first-order valence-corrected chi connectivity index (χ1v) is 10.5. The zero-order valence-electron chi connectivity index (χ0n) is 17.4. The SMILES string of the molecule is CN(Cc1cn(-c2ccccc2)nc1-c1ccc(Cl)cc1)C(=O)CC[C@@H]1NC(=O)NC1=O. The van der Waals surface area contributed by atoms with Crippen molar-refractivity contribution in [3.63, 3.8) is 0 Å². The molecule has 0 bridgehead atoms. The Morgan fingerprint density at radius 2 is 1.84 bits per heavy atom. The zero-order chi connectivity index (χ0) is 22.7. The third-order valence-corrected chi connectivity index (χ3v) is 5.52. The van der Waals surface area contributed by atoms with Gasteiger partial charge < -0.3 is 10.2 Å². The summed E-state index contributed by atoms with van der Waals surface area (Å²) in [5.41, 5.74) is 3.43. The molecule has 1 fully saturated rings. The molecule has 3 aromatic rings. The smallest absolute Gasteiger partial charge is 0.322 e. The molecule has 1 aliphatic heterocycles. The van der Waals surface area contributed by atoms with Gasteiger partial charge in [-0.3, -0.25) is 14.9 Å². The molecule has 4 amide bonds. The molecule has 4 rings (SSSR count). The number of rotatable bonds is 7. The van der Waals surface area contributed by atoms with E-state index < -0.39 is 18.0 Å². The summed E-state index contributed by atoms with van der Waals surface area (Å²) in [5.74, 6) is -0.534. The van der Waals surface area contributed by atoms with E-state index in [0.717, 1.165) is 22.5 Å². The summed E-state index contributed by atoms with van der Waals surface area (Å²) in [7, 11) is 1.71. The van der Waals surface area contributed by atoms with Crippen LogP contribution in [0.15, 0.2) is 60.8 Å². The fourth-order valence-electron chi connectivity index (χ4n) is 3.55. The van der Waals surface area contributed by atoms with Gasteiger partial charge in [-0.25, -0.2) is 9.48 Å². The van der Waals surface area contributed by atoms with E-state index in [-0.39, 0.29) is 18.7 Å². The molecule has 8 nitrogen and oxygen atoms in total. The first-order chi connectivity index (χ1) is 15.4. The van der Waals surface area contributed by atoms with Gasteiger partial charge in [0, 0.05) is 42.4 Å². The number of amides is 4. The van der Waals surface area contributed by atoms with Crippen molar-refractivity contribution < 1.29 is 14.4 Å². The maximum Gasteiger partial charge on any atom is 0.322 e. The summed E-state index contributed by atoms with van der Waals surface area (Å²) >= 11 is 6.04. The summed E-state index contributed by atoms with van der Waals surface area (Å²) in [5, 5.41) is 10.1. The van der Waals surface area contributed by atoms with Crippen molar-refractivity contribution >= 4 is 29.4 Å². The number of aromatic nitrogens is 2. The molecule has 0 radical (unpaired) electrons. The quantitative estimate of drug-likeness (QED) is 0.539. The van der Waals surface area contributed by atoms with Crippen molar-refractivity contribution in [2.75, 3.05) is 7.05 Å². The minimum atomic E-state index is -0.676. The molecule has 32 heavy (non-hydrogen) atoms. The monoisotopic (exact) mass is 451 g/mol. The highest BCUT2D eigenvalue weighted by Crippen LogP contribution is 2.26. The third-order valence-electron chi connectivity index (χ3n) is 5.27. The number of carbonyl (C=O) groups excluding carboxylic acids is 3. The lowest BCUT2D eigenvalue weighted by Crippen LogP contribution is -2.32. The lowest BCUT2D eigenvalue weighted by Gasteiger charge is -2.18. The van der Waals surface area contributed by atoms with Crippen molar-refractivity contribution in [2.45, 2.75) is 25.4 Å². The first-order valence-electron chi connectivity index (χ1n) is 10.2. The second-order valence-corrected chi connectivity index (χ2v) is 8.03. The number of imide groups is 1. The van der Waals surface area contributed by atoms with Crippen molar-refractivity contribution in [3.8, 4) is 16.9 Å². The Hall–Kier alpha value is -3.65. The Morgan fingerprint density at radius 1 is 1.12 bits per heavy atom. The molecule has 1 atom stereocenters. The molecule has 0 aliphatic carbocycles. The normalized spacial score (nSPS) is 15.4. The largest absolute Gasteiger partial charge is 0.341 e. The van der Waals surface area contributed by atoms with Crippen LogP contribution in [0.25, 0.3) is 16.9 Å². The average molecular weight is 452 g/mol. The summed E-state index contributed by atoms with van der Waals surface area (Å²) in [6, 6.07) is 15.9. The van der Waals surface area contributed by atoms with Gasteiger partial charge in [-0.2, -0.15) is 5.10 Å². The highest BCUT2D eigenvalue weighted by Gasteiger charge is 2.30. The van der Waals surface area contributed by atoms with E-state index >= 15 is 0 Å². The minimum absolute atomic E-state index is 0.131. The molecule has 0 unspecified atom stereocenters. The van der Waals surface area contributed by atoms with Crippen LogP contribution in [0.1, 0.15) is 18.4 Å². The molecule has 2 N–H and O–H groups in total. The molecule has 0 saturated carbocycles. The summed E-state index contributed by atoms with van der Waals surface area (Å²) in [6.45, 7) is 0.340. The third kappa shape index (κ3) is 4.81. The molecule has 0 spiro atoms. The Morgan fingerprint density at radius 3 is 2.50 bits per heavy atom. The number of nitrogens with one attached hydrogen (secondary N) is 2. The first kappa shape index (κ1) is 21.6. The van der Waals surface area contributed by atoms with E-state index in [1.807, 2.05) is 48.7 Å². The van der Waals surface area contributed by atoms with Crippen molar-refractivity contribution in [1.29, 1.82) is 0 Å². The predicted octanol–water partition coefficient (Wildman–Crippen LogP) is 3.14. The van der Waals surface area contributed by atoms with E-state index in [2.05, 4.69) is 10.6 Å². The molecule has 1 saturated heterocycles. The fourth-order valence-corrected chi connectivity index (χ4v) is 3.68. The van der Waals surface area contributed by atoms with Crippen molar-refractivity contribution in [2.24, 2.45) is 0 Å². The number of hydrogen-bond donors (Lipinski definition) is 2. The average Bonchev–Trinajstić information content (AvgIpc) is 3.35. The van der Waals surface area contributed by atoms with Crippen LogP contribution in [-0.2, 0) is 16.1 Å². The van der Waals surface area contributed by atoms with Crippen molar-refractivity contribution in [3.05, 3.63) is 71.4 Å². The number of hydrogen-bond acceptors (Lipinski definition) is 4. The van der Waals surface area contributed by atoms with Gasteiger partial charge in [-0.1, -0.05) is 41.9 Å². The summed E-state index contributed by atoms with van der Waals surface area (Å²) in [6.07, 6.45) is 2.29. The van der Waals surface area contributed by atoms with Crippen LogP contribution in [0, 0.1) is 0 Å². The lowest BCUT2D eigenvalue weighted by atomic mass is 10.1. The minimum Gasteiger partial charge on any atom is -0.341 e. The van der Waals surface area contributed by atoms with E-state index in [4.69, 9.17) is 16.7 Å². The van der Waals surface area contributed by atoms with E-state index in [0.29, 0.717) is 11.6 Å². The van der Waals surface area contributed by atoms with Crippen LogP contribution in [0.4, 0.5) is 4.79 Å². The van der Waals surface area contributed by atoms with Gasteiger partial charge in [-0.15, -0.1) is 0 Å². The number of nitrogens with zero attached hydrogens (tertiary/aromatic N) is 3. The molecule has 2 aromatic carbocycles. The number of benzene rings is 2. The van der Waals surface area contributed by atoms with Gasteiger partial charge in [0.1, 0.15) is 6.04 Å². The molecule has 1 aromatic heterocycles. The topological polar surface area (TPSA) is 96.3 Å². The van der Waals surface area contributed by atoms with Crippen LogP contribution in [0.3, 0.4) is 0 Å². The second kappa shape index (κ2) is 9.23. The van der Waals surface area contributed by atoms with E-state index in [1.165, 1.54) is 0 Å². The number of carbonyl (C=O) groups is 3. The Balaban J connectivity index is 1.52. The van der Waals surface area contributed by atoms with Gasteiger partial charge in [-0.05, 0) is 30.7 Å². The van der Waals surface area contributed by atoms with E-state index in [9.17, 15) is 14.4 Å². The number of urea groups is 1. The maximum absolute atomic E-state index is 12.7. The standard InChI is InChI=1S/C23H22ClN5O3/c1-28(20(30)12-11-19-22(31)26-23(32)25-19)13-16-14-29(18-5-3-2-4-6-18)27-21(16)15-7-9-17(24)10-8-15/h2-10,14,19H,11-13H2,1H3,(H2,25,26,31,32)/t19-/m0/s1. The van der Waals surface area contributed by atoms with Crippen LogP contribution < -0.4 is 10.6 Å². The van der Waals surface area contributed by atoms with Gasteiger partial charge >= 0.3 is 6.03 Å². The van der Waals surface area contributed by atoms with Crippen LogP contribution >= 0.6 is 11.6 Å². The summed E-state index contributed by atoms with van der Waals surface area (Å²) < 4.78 is 1.79. The molecule has 9 heteroatoms. The molecule has 1 aliphatic rings. The highest BCUT2D eigenvalue weighted by atomic mass is 35.5. The van der Waals surface area contributed by atoms with Crippen LogP contribution in [-0.4, -0.2) is 45.6 Å². The molecular formula is C23H22ClN5O3.